The molecule has 0 radical (unpaired) electrons. The Labute approximate surface area is 187 Å². The van der Waals surface area contributed by atoms with Gasteiger partial charge in [0.05, 0.1) is 5.69 Å². The van der Waals surface area contributed by atoms with E-state index in [9.17, 15) is 14.4 Å². The third kappa shape index (κ3) is 3.64. The Morgan fingerprint density at radius 1 is 0.938 bits per heavy atom. The third-order valence-electron chi connectivity index (χ3n) is 5.78. The van der Waals surface area contributed by atoms with Gasteiger partial charge in [-0.2, -0.15) is 0 Å². The molecule has 6 nitrogen and oxygen atoms in total. The number of hydrogen-bond donors (Lipinski definition) is 1. The minimum absolute atomic E-state index is 0.0748. The Hall–Kier alpha value is -3.93. The second kappa shape index (κ2) is 8.30. The first-order valence-electron chi connectivity index (χ1n) is 10.6. The number of amides is 4. The normalized spacial score (nSPS) is 15.4. The highest BCUT2D eigenvalue weighted by molar-refractivity contribution is 6.39. The third-order valence-corrected chi connectivity index (χ3v) is 5.78. The molecule has 0 bridgehead atoms. The van der Waals surface area contributed by atoms with E-state index in [1.165, 1.54) is 5.56 Å². The first-order valence-corrected chi connectivity index (χ1v) is 10.6. The summed E-state index contributed by atoms with van der Waals surface area (Å²) >= 11 is 0. The van der Waals surface area contributed by atoms with Crippen LogP contribution in [-0.4, -0.2) is 22.4 Å². The maximum Gasteiger partial charge on any atom is 0.335 e. The zero-order chi connectivity index (χ0) is 23.0. The van der Waals surface area contributed by atoms with Crippen LogP contribution in [0, 0.1) is 20.8 Å². The van der Waals surface area contributed by atoms with Crippen LogP contribution in [-0.2, 0) is 16.0 Å². The van der Waals surface area contributed by atoms with Gasteiger partial charge in [0.1, 0.15) is 5.57 Å². The summed E-state index contributed by atoms with van der Waals surface area (Å²) in [5.41, 5.74) is 6.28. The topological polar surface area (TPSA) is 71.4 Å². The summed E-state index contributed by atoms with van der Waals surface area (Å²) in [5.74, 6) is -1.33. The standard InChI is InChI=1S/C26H25N3O3/c1-5-19-8-6-7-9-23(19)28-17(3)14-20(18(28)4)15-22-24(30)27-26(32)29(25(22)31)21-12-10-16(2)11-13-21/h6-15H,5H2,1-4H3,(H,27,30,32)/b22-15+. The molecule has 0 aliphatic carbocycles. The lowest BCUT2D eigenvalue weighted by Crippen LogP contribution is -2.54. The number of rotatable bonds is 4. The Morgan fingerprint density at radius 3 is 2.31 bits per heavy atom. The molecular formula is C26H25N3O3. The molecule has 1 aliphatic heterocycles. The van der Waals surface area contributed by atoms with E-state index in [0.29, 0.717) is 5.69 Å². The van der Waals surface area contributed by atoms with Crippen LogP contribution in [0.25, 0.3) is 11.8 Å². The molecule has 162 valence electrons. The Kier molecular flexibility index (Phi) is 5.53. The van der Waals surface area contributed by atoms with Crippen LogP contribution in [0.3, 0.4) is 0 Å². The van der Waals surface area contributed by atoms with Crippen LogP contribution in [0.1, 0.15) is 35.0 Å². The summed E-state index contributed by atoms with van der Waals surface area (Å²) in [6, 6.07) is 16.4. The highest BCUT2D eigenvalue weighted by Crippen LogP contribution is 2.27. The van der Waals surface area contributed by atoms with E-state index in [2.05, 4.69) is 28.9 Å². The van der Waals surface area contributed by atoms with E-state index in [0.717, 1.165) is 39.5 Å². The van der Waals surface area contributed by atoms with Gasteiger partial charge in [-0.15, -0.1) is 0 Å². The molecular weight excluding hydrogens is 402 g/mol. The monoisotopic (exact) mass is 427 g/mol. The van der Waals surface area contributed by atoms with Crippen LogP contribution in [0.5, 0.6) is 0 Å². The number of nitrogens with one attached hydrogen (secondary N) is 1. The predicted octanol–water partition coefficient (Wildman–Crippen LogP) is 4.63. The van der Waals surface area contributed by atoms with Crippen LogP contribution in [0.15, 0.2) is 60.2 Å². The van der Waals surface area contributed by atoms with Crippen LogP contribution in [0.2, 0.25) is 0 Å². The number of urea groups is 1. The molecule has 4 rings (SSSR count). The summed E-state index contributed by atoms with van der Waals surface area (Å²) in [7, 11) is 0. The highest BCUT2D eigenvalue weighted by atomic mass is 16.2. The minimum Gasteiger partial charge on any atom is -0.318 e. The first-order chi connectivity index (χ1) is 15.3. The average Bonchev–Trinajstić information content (AvgIpc) is 3.05. The van der Waals surface area contributed by atoms with E-state index in [4.69, 9.17) is 0 Å². The number of para-hydroxylation sites is 1. The molecule has 1 fully saturated rings. The smallest absolute Gasteiger partial charge is 0.318 e. The molecule has 1 N–H and O–H groups in total. The van der Waals surface area contributed by atoms with E-state index >= 15 is 0 Å². The van der Waals surface area contributed by atoms with Crippen molar-refractivity contribution in [2.45, 2.75) is 34.1 Å². The molecule has 1 aromatic heterocycles. The first kappa shape index (κ1) is 21.3. The second-order valence-electron chi connectivity index (χ2n) is 7.94. The van der Waals surface area contributed by atoms with Crippen LogP contribution < -0.4 is 10.2 Å². The molecule has 3 aromatic rings. The Morgan fingerprint density at radius 2 is 1.62 bits per heavy atom. The number of imide groups is 2. The molecule has 0 spiro atoms. The summed E-state index contributed by atoms with van der Waals surface area (Å²) in [5, 5.41) is 2.29. The van der Waals surface area contributed by atoms with E-state index in [-0.39, 0.29) is 5.57 Å². The molecule has 6 heteroatoms. The molecule has 4 amide bonds. The van der Waals surface area contributed by atoms with E-state index < -0.39 is 17.8 Å². The number of anilines is 1. The minimum atomic E-state index is -0.747. The van der Waals surface area contributed by atoms with Crippen molar-refractivity contribution in [3.05, 3.63) is 88.2 Å². The van der Waals surface area contributed by atoms with Crippen molar-refractivity contribution >= 4 is 29.6 Å². The lowest BCUT2D eigenvalue weighted by atomic mass is 10.1. The molecule has 2 heterocycles. The van der Waals surface area contributed by atoms with Gasteiger partial charge in [0.15, 0.2) is 0 Å². The molecule has 1 saturated heterocycles. The Balaban J connectivity index is 1.78. The molecule has 0 saturated carbocycles. The van der Waals surface area contributed by atoms with Crippen molar-refractivity contribution in [2.24, 2.45) is 0 Å². The van der Waals surface area contributed by atoms with Crippen molar-refractivity contribution in [2.75, 3.05) is 4.90 Å². The molecule has 0 unspecified atom stereocenters. The van der Waals surface area contributed by atoms with Crippen molar-refractivity contribution in [1.29, 1.82) is 0 Å². The van der Waals surface area contributed by atoms with Crippen LogP contribution in [0.4, 0.5) is 10.5 Å². The van der Waals surface area contributed by atoms with Gasteiger partial charge in [-0.05, 0) is 68.7 Å². The lowest BCUT2D eigenvalue weighted by Gasteiger charge is -2.26. The Bertz CT molecular complexity index is 1270. The average molecular weight is 428 g/mol. The number of nitrogens with zero attached hydrogens (tertiary/aromatic N) is 2. The van der Waals surface area contributed by atoms with Gasteiger partial charge in [0.2, 0.25) is 0 Å². The highest BCUT2D eigenvalue weighted by Gasteiger charge is 2.37. The molecule has 32 heavy (non-hydrogen) atoms. The SMILES string of the molecule is CCc1ccccc1-n1c(C)cc(/C=C2\C(=O)NC(=O)N(c3ccc(C)cc3)C2=O)c1C. The van der Waals surface area contributed by atoms with E-state index in [1.54, 1.807) is 18.2 Å². The summed E-state index contributed by atoms with van der Waals surface area (Å²) in [4.78, 5) is 39.2. The molecule has 2 aromatic carbocycles. The van der Waals surface area contributed by atoms with Crippen molar-refractivity contribution in [1.82, 2.24) is 9.88 Å². The maximum atomic E-state index is 13.2. The predicted molar refractivity (Wildman–Crippen MR) is 125 cm³/mol. The van der Waals surface area contributed by atoms with E-state index in [1.807, 2.05) is 51.1 Å². The number of benzene rings is 2. The van der Waals surface area contributed by atoms with Crippen molar-refractivity contribution in [3.63, 3.8) is 0 Å². The quantitative estimate of drug-likeness (QED) is 0.487. The number of carbonyl (C=O) groups excluding carboxylic acids is 3. The van der Waals surface area contributed by atoms with Gasteiger partial charge in [-0.3, -0.25) is 14.9 Å². The number of carbonyl (C=O) groups is 3. The summed E-state index contributed by atoms with van der Waals surface area (Å²) in [6.07, 6.45) is 2.46. The van der Waals surface area contributed by atoms with Gasteiger partial charge < -0.3 is 4.57 Å². The summed E-state index contributed by atoms with van der Waals surface area (Å²) in [6.45, 7) is 7.98. The maximum absolute atomic E-state index is 13.2. The van der Waals surface area contributed by atoms with Crippen LogP contribution >= 0.6 is 0 Å². The van der Waals surface area contributed by atoms with Gasteiger partial charge in [-0.25, -0.2) is 9.69 Å². The molecule has 1 aliphatic rings. The second-order valence-corrected chi connectivity index (χ2v) is 7.94. The zero-order valence-electron chi connectivity index (χ0n) is 18.6. The molecule has 0 atom stereocenters. The number of hydrogen-bond acceptors (Lipinski definition) is 3. The van der Waals surface area contributed by atoms with Crippen molar-refractivity contribution < 1.29 is 14.4 Å². The number of aromatic nitrogens is 1. The zero-order valence-corrected chi connectivity index (χ0v) is 18.6. The summed E-state index contributed by atoms with van der Waals surface area (Å²) < 4.78 is 2.12. The van der Waals surface area contributed by atoms with Gasteiger partial charge in [-0.1, -0.05) is 42.8 Å². The fourth-order valence-corrected chi connectivity index (χ4v) is 4.07. The largest absolute Gasteiger partial charge is 0.335 e. The number of barbiturate groups is 1. The number of aryl methyl sites for hydroxylation is 3. The van der Waals surface area contributed by atoms with Gasteiger partial charge in [0.25, 0.3) is 11.8 Å². The van der Waals surface area contributed by atoms with Gasteiger partial charge in [0, 0.05) is 17.1 Å². The fourth-order valence-electron chi connectivity index (χ4n) is 4.07. The lowest BCUT2D eigenvalue weighted by molar-refractivity contribution is -0.122. The van der Waals surface area contributed by atoms with Crippen molar-refractivity contribution in [3.8, 4) is 5.69 Å². The fraction of sp³-hybridized carbons (Fsp3) is 0.192. The van der Waals surface area contributed by atoms with Gasteiger partial charge >= 0.3 is 6.03 Å².